The number of nitrogens with zero attached hydrogens (tertiary/aromatic N) is 3. The van der Waals surface area contributed by atoms with E-state index in [2.05, 4.69) is 15.2 Å². The van der Waals surface area contributed by atoms with Gasteiger partial charge in [-0.05, 0) is 32.1 Å². The van der Waals surface area contributed by atoms with Crippen molar-refractivity contribution in [1.29, 1.82) is 0 Å². The summed E-state index contributed by atoms with van der Waals surface area (Å²) in [7, 11) is 0. The van der Waals surface area contributed by atoms with Gasteiger partial charge >= 0.3 is 6.18 Å². The first kappa shape index (κ1) is 20.9. The molecule has 0 aliphatic rings. The van der Waals surface area contributed by atoms with E-state index in [4.69, 9.17) is 0 Å². The molecule has 0 aliphatic heterocycles. The number of carbonyl (C=O) groups excluding carboxylic acids is 1. The Morgan fingerprint density at radius 2 is 1.89 bits per heavy atom. The predicted octanol–water partition coefficient (Wildman–Crippen LogP) is 2.43. The first-order chi connectivity index (χ1) is 12.7. The van der Waals surface area contributed by atoms with E-state index in [0.717, 1.165) is 17.7 Å². The minimum atomic E-state index is -4.90. The molecule has 1 N–H and O–H groups in total. The molecule has 2 aromatic rings. The highest BCUT2D eigenvalue weighted by Gasteiger charge is 2.38. The number of hydrogen-bond acceptors (Lipinski definition) is 4. The van der Waals surface area contributed by atoms with Crippen LogP contribution in [0.15, 0.2) is 29.1 Å². The smallest absolute Gasteiger partial charge is 0.353 e. The number of nitrogens with one attached hydrogen (secondary N) is 1. The molecule has 0 bridgehead atoms. The standard InChI is InChI=1S/C18H23F3N4O2/c1-4-24(5-2)11-10-22-16(26)12(3)25-14-9-7-6-8-13(14)23-15(17(25)27)18(19,20)21/h6-9,12H,4-5,10-11H2,1-3H3,(H,22,26). The molecule has 1 aromatic carbocycles. The second-order valence-corrected chi connectivity index (χ2v) is 6.12. The SMILES string of the molecule is CCN(CC)CCNC(=O)C(C)n1c(=O)c(C(F)(F)F)nc2ccccc21. The van der Waals surface area contributed by atoms with E-state index in [9.17, 15) is 22.8 Å². The van der Waals surface area contributed by atoms with Crippen LogP contribution in [-0.2, 0) is 11.0 Å². The van der Waals surface area contributed by atoms with Crippen molar-refractivity contribution in [2.75, 3.05) is 26.2 Å². The molecule has 1 atom stereocenters. The van der Waals surface area contributed by atoms with Crippen molar-refractivity contribution >= 4 is 16.9 Å². The van der Waals surface area contributed by atoms with Gasteiger partial charge in [0.05, 0.1) is 11.0 Å². The minimum absolute atomic E-state index is 0.00668. The molecule has 148 valence electrons. The number of carbonyl (C=O) groups is 1. The van der Waals surface area contributed by atoms with Crippen LogP contribution in [0, 0.1) is 0 Å². The summed E-state index contributed by atoms with van der Waals surface area (Å²) in [5.74, 6) is -0.520. The predicted molar refractivity (Wildman–Crippen MR) is 96.5 cm³/mol. The molecule has 0 aliphatic carbocycles. The lowest BCUT2D eigenvalue weighted by atomic mass is 10.2. The first-order valence-corrected chi connectivity index (χ1v) is 8.79. The molecular weight excluding hydrogens is 361 g/mol. The number of fused-ring (bicyclic) bond motifs is 1. The topological polar surface area (TPSA) is 67.2 Å². The Labute approximate surface area is 155 Å². The van der Waals surface area contributed by atoms with Gasteiger partial charge in [0.25, 0.3) is 5.56 Å². The third kappa shape index (κ3) is 4.65. The zero-order valence-corrected chi connectivity index (χ0v) is 15.5. The maximum Gasteiger partial charge on any atom is 0.438 e. The lowest BCUT2D eigenvalue weighted by molar-refractivity contribution is -0.142. The number of aromatic nitrogens is 2. The number of hydrogen-bond donors (Lipinski definition) is 1. The van der Waals surface area contributed by atoms with Crippen LogP contribution in [0.4, 0.5) is 13.2 Å². The molecule has 0 saturated carbocycles. The molecule has 2 rings (SSSR count). The summed E-state index contributed by atoms with van der Waals surface area (Å²) in [4.78, 5) is 30.5. The van der Waals surface area contributed by atoms with Crippen molar-refractivity contribution < 1.29 is 18.0 Å². The van der Waals surface area contributed by atoms with Gasteiger partial charge in [0.15, 0.2) is 0 Å². The second-order valence-electron chi connectivity index (χ2n) is 6.12. The number of halogens is 3. The summed E-state index contributed by atoms with van der Waals surface area (Å²) in [5, 5.41) is 2.69. The average Bonchev–Trinajstić information content (AvgIpc) is 2.63. The Hall–Kier alpha value is -2.42. The molecule has 0 saturated heterocycles. The van der Waals surface area contributed by atoms with Crippen LogP contribution in [0.2, 0.25) is 0 Å². The van der Waals surface area contributed by atoms with Crippen molar-refractivity contribution in [1.82, 2.24) is 19.8 Å². The molecule has 27 heavy (non-hydrogen) atoms. The van der Waals surface area contributed by atoms with Gasteiger partial charge in [-0.25, -0.2) is 4.98 Å². The van der Waals surface area contributed by atoms with Gasteiger partial charge in [-0.3, -0.25) is 14.2 Å². The van der Waals surface area contributed by atoms with Crippen LogP contribution in [0.25, 0.3) is 11.0 Å². The Balaban J connectivity index is 2.37. The van der Waals surface area contributed by atoms with Crippen molar-refractivity contribution in [3.8, 4) is 0 Å². The van der Waals surface area contributed by atoms with Crippen LogP contribution in [0.1, 0.15) is 32.5 Å². The van der Waals surface area contributed by atoms with E-state index in [1.165, 1.54) is 25.1 Å². The number of likely N-dealkylation sites (N-methyl/N-ethyl adjacent to an activating group) is 1. The van der Waals surface area contributed by atoms with Crippen molar-refractivity contribution in [3.63, 3.8) is 0 Å². The van der Waals surface area contributed by atoms with Gasteiger partial charge in [-0.2, -0.15) is 13.2 Å². The van der Waals surface area contributed by atoms with E-state index >= 15 is 0 Å². The van der Waals surface area contributed by atoms with Gasteiger partial charge in [0.2, 0.25) is 11.6 Å². The maximum absolute atomic E-state index is 13.2. The fourth-order valence-corrected chi connectivity index (χ4v) is 2.87. The molecule has 1 aromatic heterocycles. The summed E-state index contributed by atoms with van der Waals surface area (Å²) in [5.41, 5.74) is -2.66. The van der Waals surface area contributed by atoms with Gasteiger partial charge in [0, 0.05) is 13.1 Å². The fraction of sp³-hybridized carbons (Fsp3) is 0.500. The van der Waals surface area contributed by atoms with Crippen molar-refractivity contribution in [2.45, 2.75) is 33.0 Å². The molecule has 0 fully saturated rings. The summed E-state index contributed by atoms with van der Waals surface area (Å²) < 4.78 is 40.5. The molecule has 1 amide bonds. The summed E-state index contributed by atoms with van der Waals surface area (Å²) in [6.07, 6.45) is -4.90. The molecule has 0 spiro atoms. The number of benzene rings is 1. The number of rotatable bonds is 7. The van der Waals surface area contributed by atoms with Crippen LogP contribution in [0.5, 0.6) is 0 Å². The van der Waals surface area contributed by atoms with E-state index in [-0.39, 0.29) is 11.0 Å². The molecule has 1 unspecified atom stereocenters. The first-order valence-electron chi connectivity index (χ1n) is 8.79. The van der Waals surface area contributed by atoms with Gasteiger partial charge in [-0.1, -0.05) is 26.0 Å². The van der Waals surface area contributed by atoms with Crippen molar-refractivity contribution in [3.05, 3.63) is 40.3 Å². The highest BCUT2D eigenvalue weighted by molar-refractivity contribution is 5.83. The fourth-order valence-electron chi connectivity index (χ4n) is 2.87. The summed E-state index contributed by atoms with van der Waals surface area (Å²) in [6, 6.07) is 4.86. The minimum Gasteiger partial charge on any atom is -0.353 e. The van der Waals surface area contributed by atoms with Gasteiger partial charge in [-0.15, -0.1) is 0 Å². The summed E-state index contributed by atoms with van der Waals surface area (Å²) >= 11 is 0. The lowest BCUT2D eigenvalue weighted by Crippen LogP contribution is -2.41. The van der Waals surface area contributed by atoms with Gasteiger partial charge in [0.1, 0.15) is 6.04 Å². The van der Waals surface area contributed by atoms with E-state index in [1.807, 2.05) is 13.8 Å². The lowest BCUT2D eigenvalue weighted by Gasteiger charge is -2.21. The quantitative estimate of drug-likeness (QED) is 0.796. The molecule has 6 nitrogen and oxygen atoms in total. The van der Waals surface area contributed by atoms with Crippen molar-refractivity contribution in [2.24, 2.45) is 0 Å². The number of amides is 1. The van der Waals surface area contributed by atoms with Crippen LogP contribution >= 0.6 is 0 Å². The van der Waals surface area contributed by atoms with E-state index < -0.39 is 29.4 Å². The van der Waals surface area contributed by atoms with E-state index in [0.29, 0.717) is 13.1 Å². The van der Waals surface area contributed by atoms with E-state index in [1.54, 1.807) is 6.07 Å². The normalized spacial score (nSPS) is 13.1. The van der Waals surface area contributed by atoms with Crippen LogP contribution in [-0.4, -0.2) is 46.5 Å². The molecule has 9 heteroatoms. The highest BCUT2D eigenvalue weighted by atomic mass is 19.4. The maximum atomic E-state index is 13.2. The average molecular weight is 384 g/mol. The van der Waals surface area contributed by atoms with Crippen LogP contribution in [0.3, 0.4) is 0 Å². The van der Waals surface area contributed by atoms with Gasteiger partial charge < -0.3 is 10.2 Å². The number of para-hydroxylation sites is 2. The molecule has 0 radical (unpaired) electrons. The Kier molecular flexibility index (Phi) is 6.59. The largest absolute Gasteiger partial charge is 0.438 e. The number of alkyl halides is 3. The monoisotopic (exact) mass is 384 g/mol. The Bertz CT molecular complexity index is 860. The van der Waals surface area contributed by atoms with Crippen LogP contribution < -0.4 is 10.9 Å². The Morgan fingerprint density at radius 1 is 1.26 bits per heavy atom. The molecular formula is C18H23F3N4O2. The Morgan fingerprint density at radius 3 is 2.48 bits per heavy atom. The summed E-state index contributed by atoms with van der Waals surface area (Å²) in [6.45, 7) is 8.00. The molecule has 1 heterocycles. The third-order valence-corrected chi connectivity index (χ3v) is 4.45. The third-order valence-electron chi connectivity index (χ3n) is 4.45. The zero-order valence-electron chi connectivity index (χ0n) is 15.5. The second kappa shape index (κ2) is 8.51. The highest BCUT2D eigenvalue weighted by Crippen LogP contribution is 2.27. The zero-order chi connectivity index (χ0) is 20.2.